The van der Waals surface area contributed by atoms with Crippen LogP contribution in [0.2, 0.25) is 0 Å². The number of amides is 1. The molecule has 3 aromatic heterocycles. The largest absolute Gasteiger partial charge is 0.495 e. The van der Waals surface area contributed by atoms with Gasteiger partial charge in [0.05, 0.1) is 24.2 Å². The molecule has 0 saturated carbocycles. The molecule has 0 unspecified atom stereocenters. The zero-order valence-corrected chi connectivity index (χ0v) is 23.0. The molecule has 1 amide bonds. The van der Waals surface area contributed by atoms with Crippen LogP contribution in [0.15, 0.2) is 53.2 Å². The van der Waals surface area contributed by atoms with Crippen molar-refractivity contribution in [2.75, 3.05) is 31.2 Å². The van der Waals surface area contributed by atoms with E-state index in [1.54, 1.807) is 19.2 Å². The van der Waals surface area contributed by atoms with Crippen LogP contribution in [-0.4, -0.2) is 56.9 Å². The number of hydrogen-bond donors (Lipinski definition) is 4. The van der Waals surface area contributed by atoms with E-state index in [9.17, 15) is 4.79 Å². The molecule has 5 N–H and O–H groups in total. The number of rotatable bonds is 5. The number of nitrogens with zero attached hydrogens (tertiary/aromatic N) is 4. The van der Waals surface area contributed by atoms with Gasteiger partial charge < -0.3 is 30.6 Å². The van der Waals surface area contributed by atoms with Crippen LogP contribution in [0.1, 0.15) is 41.9 Å². The van der Waals surface area contributed by atoms with E-state index in [1.165, 1.54) is 6.33 Å². The Morgan fingerprint density at radius 3 is 2.63 bits per heavy atom. The molecule has 1 aliphatic heterocycles. The fraction of sp³-hybridized carbons (Fsp3) is 0.276. The molecule has 4 heterocycles. The van der Waals surface area contributed by atoms with Gasteiger partial charge in [0.2, 0.25) is 0 Å². The van der Waals surface area contributed by atoms with E-state index in [1.807, 2.05) is 41.9 Å². The first-order chi connectivity index (χ1) is 19.8. The Kier molecular flexibility index (Phi) is 7.83. The Morgan fingerprint density at radius 2 is 1.93 bits per heavy atom. The molecule has 212 valence electrons. The van der Waals surface area contributed by atoms with E-state index in [2.05, 4.69) is 20.6 Å². The van der Waals surface area contributed by atoms with E-state index < -0.39 is 5.97 Å². The van der Waals surface area contributed by atoms with E-state index in [0.717, 1.165) is 49.4 Å². The van der Waals surface area contributed by atoms with Gasteiger partial charge in [0.1, 0.15) is 29.2 Å². The molecule has 0 spiro atoms. The van der Waals surface area contributed by atoms with Crippen LogP contribution >= 0.6 is 0 Å². The minimum atomic E-state index is -0.833. The third kappa shape index (κ3) is 5.68. The summed E-state index contributed by atoms with van der Waals surface area (Å²) in [4.78, 5) is 30.7. The molecule has 0 radical (unpaired) electrons. The van der Waals surface area contributed by atoms with Crippen molar-refractivity contribution in [2.24, 2.45) is 0 Å². The van der Waals surface area contributed by atoms with Gasteiger partial charge in [-0.05, 0) is 56.6 Å². The van der Waals surface area contributed by atoms with Crippen LogP contribution < -0.4 is 21.1 Å². The van der Waals surface area contributed by atoms with Gasteiger partial charge in [-0.2, -0.15) is 5.10 Å². The number of piperidine rings is 1. The van der Waals surface area contributed by atoms with Crippen LogP contribution in [0.3, 0.4) is 0 Å². The predicted molar refractivity (Wildman–Crippen MR) is 155 cm³/mol. The molecule has 12 heteroatoms. The quantitative estimate of drug-likeness (QED) is 0.243. The number of ether oxygens (including phenoxy) is 1. The summed E-state index contributed by atoms with van der Waals surface area (Å²) >= 11 is 0. The number of aliphatic carboxylic acids is 1. The maximum atomic E-state index is 13.0. The Morgan fingerprint density at radius 1 is 1.17 bits per heavy atom. The molecule has 1 aliphatic rings. The lowest BCUT2D eigenvalue weighted by Crippen LogP contribution is -2.30. The lowest BCUT2D eigenvalue weighted by atomic mass is 10.1. The summed E-state index contributed by atoms with van der Waals surface area (Å²) < 4.78 is 13.4. The third-order valence-electron chi connectivity index (χ3n) is 6.86. The van der Waals surface area contributed by atoms with Gasteiger partial charge in [-0.25, -0.2) is 14.6 Å². The number of anilines is 2. The third-order valence-corrected chi connectivity index (χ3v) is 6.86. The summed E-state index contributed by atoms with van der Waals surface area (Å²) in [6.07, 6.45) is 3.38. The molecule has 0 bridgehead atoms. The van der Waals surface area contributed by atoms with E-state index >= 15 is 0 Å². The molecule has 5 aromatic rings. The molecule has 2 aromatic carbocycles. The van der Waals surface area contributed by atoms with E-state index in [-0.39, 0.29) is 17.7 Å². The van der Waals surface area contributed by atoms with Gasteiger partial charge in [-0.3, -0.25) is 9.59 Å². The average molecular weight is 558 g/mol. The van der Waals surface area contributed by atoms with Crippen molar-refractivity contribution in [1.29, 1.82) is 0 Å². The standard InChI is InChI=1S/C27H27N7O3.C2H4O2/c1-15-4-3-5-17-13-21(37-24(15)17)27(35)32-19-7-6-16(12-20(19)36-2)23-22-25(28)30-14-31-26(22)34(33-23)18-8-10-29-11-9-18;1-2(3)4/h3-7,12-14,18,29H,8-11H2,1-2H3,(H,32,35)(H2,28,30,31);1H3,(H,3,4). The Bertz CT molecular complexity index is 1730. The summed E-state index contributed by atoms with van der Waals surface area (Å²) in [5, 5.41) is 20.2. The van der Waals surface area contributed by atoms with Crippen molar-refractivity contribution in [1.82, 2.24) is 25.1 Å². The van der Waals surface area contributed by atoms with Crippen molar-refractivity contribution >= 4 is 45.4 Å². The molecule has 1 saturated heterocycles. The van der Waals surface area contributed by atoms with Crippen molar-refractivity contribution in [3.05, 3.63) is 60.1 Å². The Labute approximate surface area is 235 Å². The molecule has 0 aliphatic carbocycles. The minimum Gasteiger partial charge on any atom is -0.495 e. The maximum absolute atomic E-state index is 13.0. The first-order valence-electron chi connectivity index (χ1n) is 13.1. The minimum absolute atomic E-state index is 0.222. The molecule has 1 fully saturated rings. The number of carbonyl (C=O) groups is 2. The van der Waals surface area contributed by atoms with Crippen LogP contribution in [0.5, 0.6) is 5.75 Å². The number of hydrogen-bond acceptors (Lipinski definition) is 9. The zero-order valence-electron chi connectivity index (χ0n) is 23.0. The van der Waals surface area contributed by atoms with Gasteiger partial charge in [0, 0.05) is 17.9 Å². The maximum Gasteiger partial charge on any atom is 0.300 e. The normalized spacial score (nSPS) is 13.5. The summed E-state index contributed by atoms with van der Waals surface area (Å²) in [5.74, 6) is -0.109. The molecule has 6 rings (SSSR count). The highest BCUT2D eigenvalue weighted by Gasteiger charge is 2.24. The van der Waals surface area contributed by atoms with Crippen molar-refractivity contribution < 1.29 is 23.8 Å². The van der Waals surface area contributed by atoms with E-state index in [4.69, 9.17) is 29.9 Å². The Balaban J connectivity index is 0.000000794. The summed E-state index contributed by atoms with van der Waals surface area (Å²) in [7, 11) is 1.56. The number of carboxylic acid groups (broad SMARTS) is 1. The van der Waals surface area contributed by atoms with Gasteiger partial charge in [0.15, 0.2) is 11.4 Å². The van der Waals surface area contributed by atoms with Crippen molar-refractivity contribution in [2.45, 2.75) is 32.7 Å². The number of carboxylic acids is 1. The number of nitrogens with one attached hydrogen (secondary N) is 2. The highest BCUT2D eigenvalue weighted by molar-refractivity contribution is 6.06. The van der Waals surface area contributed by atoms with Crippen LogP contribution in [0.4, 0.5) is 11.5 Å². The average Bonchev–Trinajstić information content (AvgIpc) is 3.58. The molecule has 12 nitrogen and oxygen atoms in total. The zero-order chi connectivity index (χ0) is 29.1. The molecule has 41 heavy (non-hydrogen) atoms. The first kappa shape index (κ1) is 27.6. The second-order valence-corrected chi connectivity index (χ2v) is 9.72. The summed E-state index contributed by atoms with van der Waals surface area (Å²) in [5.41, 5.74) is 10.7. The monoisotopic (exact) mass is 557 g/mol. The number of aromatic nitrogens is 4. The smallest absolute Gasteiger partial charge is 0.300 e. The number of aryl methyl sites for hydroxylation is 1. The lowest BCUT2D eigenvalue weighted by Gasteiger charge is -2.23. The first-order valence-corrected chi connectivity index (χ1v) is 13.1. The topological polar surface area (TPSA) is 170 Å². The van der Waals surface area contributed by atoms with E-state index in [0.29, 0.717) is 39.6 Å². The molecule has 0 atom stereocenters. The van der Waals surface area contributed by atoms with Crippen molar-refractivity contribution in [3.8, 4) is 17.0 Å². The van der Waals surface area contributed by atoms with Crippen LogP contribution in [-0.2, 0) is 4.79 Å². The highest BCUT2D eigenvalue weighted by atomic mass is 16.5. The number of nitrogens with two attached hydrogens (primary N) is 1. The van der Waals surface area contributed by atoms with Crippen LogP contribution in [0, 0.1) is 6.92 Å². The second kappa shape index (κ2) is 11.6. The number of carbonyl (C=O) groups excluding carboxylic acids is 1. The Hall–Kier alpha value is -4.97. The van der Waals surface area contributed by atoms with Crippen molar-refractivity contribution in [3.63, 3.8) is 0 Å². The fourth-order valence-electron chi connectivity index (χ4n) is 4.95. The number of para-hydroxylation sites is 1. The predicted octanol–water partition coefficient (Wildman–Crippen LogP) is 4.41. The summed E-state index contributed by atoms with van der Waals surface area (Å²) in [6.45, 7) is 4.88. The SMILES string of the molecule is CC(=O)O.COc1cc(-c2nn(C3CCNCC3)c3ncnc(N)c23)ccc1NC(=O)c1cc2cccc(C)c2o1. The highest BCUT2D eigenvalue weighted by Crippen LogP contribution is 2.37. The number of furan rings is 1. The van der Waals surface area contributed by atoms with Gasteiger partial charge in [0.25, 0.3) is 11.9 Å². The fourth-order valence-corrected chi connectivity index (χ4v) is 4.95. The molecular formula is C29H31N7O5. The number of methoxy groups -OCH3 is 1. The van der Waals surface area contributed by atoms with Gasteiger partial charge in [-0.15, -0.1) is 0 Å². The van der Waals surface area contributed by atoms with Crippen LogP contribution in [0.25, 0.3) is 33.3 Å². The lowest BCUT2D eigenvalue weighted by molar-refractivity contribution is -0.134. The summed E-state index contributed by atoms with van der Waals surface area (Å²) in [6, 6.07) is 13.3. The van der Waals surface area contributed by atoms with Gasteiger partial charge in [-0.1, -0.05) is 24.3 Å². The number of nitrogen functional groups attached to an aromatic ring is 1. The van der Waals surface area contributed by atoms with Gasteiger partial charge >= 0.3 is 0 Å². The number of fused-ring (bicyclic) bond motifs is 2. The number of benzene rings is 2. The second-order valence-electron chi connectivity index (χ2n) is 9.72. The molecular weight excluding hydrogens is 526 g/mol.